The van der Waals surface area contributed by atoms with Crippen LogP contribution in [0.4, 0.5) is 0 Å². The highest BCUT2D eigenvalue weighted by molar-refractivity contribution is 8.00. The maximum atomic E-state index is 3.80. The summed E-state index contributed by atoms with van der Waals surface area (Å²) in [5.41, 5.74) is 0.311. The Kier molecular flexibility index (Phi) is 4.90. The summed E-state index contributed by atoms with van der Waals surface area (Å²) < 4.78 is 0.499. The fourth-order valence-electron chi connectivity index (χ4n) is 3.56. The molecule has 2 nitrogen and oxygen atoms in total. The van der Waals surface area contributed by atoms with Crippen molar-refractivity contribution in [2.45, 2.75) is 70.2 Å². The van der Waals surface area contributed by atoms with Crippen LogP contribution in [0.15, 0.2) is 0 Å². The molecule has 0 aromatic carbocycles. The molecular weight excluding hydrogens is 252 g/mol. The van der Waals surface area contributed by atoms with E-state index in [4.69, 9.17) is 0 Å². The zero-order valence-electron chi connectivity index (χ0n) is 13.5. The Balaban J connectivity index is 2.07. The SMILES string of the molecule is CCC1(C)CN(CC2(C)CCCS2)C(C(C)C)CN1. The molecule has 0 saturated carbocycles. The minimum absolute atomic E-state index is 0.311. The molecule has 0 aliphatic carbocycles. The summed E-state index contributed by atoms with van der Waals surface area (Å²) in [6.07, 6.45) is 4.03. The summed E-state index contributed by atoms with van der Waals surface area (Å²) >= 11 is 2.20. The summed E-state index contributed by atoms with van der Waals surface area (Å²) in [6, 6.07) is 0.706. The average molecular weight is 285 g/mol. The smallest absolute Gasteiger partial charge is 0.0278 e. The van der Waals surface area contributed by atoms with Crippen molar-refractivity contribution in [1.29, 1.82) is 0 Å². The van der Waals surface area contributed by atoms with Crippen molar-refractivity contribution >= 4 is 11.8 Å². The third-order valence-electron chi connectivity index (χ3n) is 5.15. The second kappa shape index (κ2) is 5.95. The van der Waals surface area contributed by atoms with Crippen molar-refractivity contribution in [3.63, 3.8) is 0 Å². The highest BCUT2D eigenvalue weighted by Gasteiger charge is 2.40. The van der Waals surface area contributed by atoms with Crippen molar-refractivity contribution < 1.29 is 0 Å². The van der Waals surface area contributed by atoms with Crippen LogP contribution in [-0.4, -0.2) is 46.6 Å². The molecule has 2 aliphatic heterocycles. The van der Waals surface area contributed by atoms with Gasteiger partial charge in [0.25, 0.3) is 0 Å². The maximum absolute atomic E-state index is 3.80. The number of nitrogens with zero attached hydrogens (tertiary/aromatic N) is 1. The van der Waals surface area contributed by atoms with Gasteiger partial charge in [0, 0.05) is 36.0 Å². The Bertz CT molecular complexity index is 299. The van der Waals surface area contributed by atoms with Crippen LogP contribution in [0.5, 0.6) is 0 Å². The molecule has 1 N–H and O–H groups in total. The predicted molar refractivity (Wildman–Crippen MR) is 87.0 cm³/mol. The van der Waals surface area contributed by atoms with Crippen LogP contribution in [0.2, 0.25) is 0 Å². The lowest BCUT2D eigenvalue weighted by Crippen LogP contribution is -2.65. The number of hydrogen-bond donors (Lipinski definition) is 1. The van der Waals surface area contributed by atoms with E-state index in [-0.39, 0.29) is 0 Å². The lowest BCUT2D eigenvalue weighted by Gasteiger charge is -2.49. The van der Waals surface area contributed by atoms with Crippen LogP contribution < -0.4 is 5.32 Å². The third kappa shape index (κ3) is 3.68. The first-order valence-electron chi connectivity index (χ1n) is 8.00. The molecule has 2 heterocycles. The van der Waals surface area contributed by atoms with Gasteiger partial charge in [-0.25, -0.2) is 0 Å². The largest absolute Gasteiger partial charge is 0.309 e. The molecule has 2 aliphatic rings. The summed E-state index contributed by atoms with van der Waals surface area (Å²) in [5, 5.41) is 3.80. The van der Waals surface area contributed by atoms with Crippen molar-refractivity contribution in [2.75, 3.05) is 25.4 Å². The first kappa shape index (κ1) is 15.7. The number of thioether (sulfide) groups is 1. The number of hydrogen-bond acceptors (Lipinski definition) is 3. The molecule has 0 aromatic rings. The van der Waals surface area contributed by atoms with E-state index in [1.54, 1.807) is 0 Å². The Morgan fingerprint density at radius 2 is 2.11 bits per heavy atom. The van der Waals surface area contributed by atoms with E-state index >= 15 is 0 Å². The van der Waals surface area contributed by atoms with Crippen LogP contribution in [0.3, 0.4) is 0 Å². The van der Waals surface area contributed by atoms with Crippen molar-refractivity contribution in [3.8, 4) is 0 Å². The lowest BCUT2D eigenvalue weighted by atomic mass is 9.88. The quantitative estimate of drug-likeness (QED) is 0.852. The fraction of sp³-hybridized carbons (Fsp3) is 1.00. The summed E-state index contributed by atoms with van der Waals surface area (Å²) in [4.78, 5) is 2.79. The first-order valence-corrected chi connectivity index (χ1v) is 8.99. The van der Waals surface area contributed by atoms with E-state index in [9.17, 15) is 0 Å². The van der Waals surface area contributed by atoms with Gasteiger partial charge < -0.3 is 5.32 Å². The Hall–Kier alpha value is 0.270. The molecule has 0 aromatic heterocycles. The molecule has 3 heteroatoms. The molecule has 19 heavy (non-hydrogen) atoms. The maximum Gasteiger partial charge on any atom is 0.0278 e. The van der Waals surface area contributed by atoms with Gasteiger partial charge in [0.05, 0.1) is 0 Å². The molecule has 3 atom stereocenters. The van der Waals surface area contributed by atoms with Gasteiger partial charge in [-0.2, -0.15) is 11.8 Å². The fourth-order valence-corrected chi connectivity index (χ4v) is 4.89. The van der Waals surface area contributed by atoms with Crippen molar-refractivity contribution in [1.82, 2.24) is 10.2 Å². The normalized spacial score (nSPS) is 41.1. The molecule has 0 amide bonds. The molecule has 112 valence electrons. The molecule has 0 spiro atoms. The Morgan fingerprint density at radius 1 is 1.37 bits per heavy atom. The molecule has 2 saturated heterocycles. The molecule has 2 rings (SSSR count). The van der Waals surface area contributed by atoms with E-state index in [0.29, 0.717) is 16.3 Å². The average Bonchev–Trinajstić information content (AvgIpc) is 2.75. The Labute approximate surface area is 124 Å². The van der Waals surface area contributed by atoms with E-state index in [2.05, 4.69) is 56.6 Å². The second-order valence-electron chi connectivity index (χ2n) is 7.41. The summed E-state index contributed by atoms with van der Waals surface area (Å²) in [6.45, 7) is 15.6. The number of piperazine rings is 1. The first-order chi connectivity index (χ1) is 8.87. The van der Waals surface area contributed by atoms with Crippen molar-refractivity contribution in [2.24, 2.45) is 5.92 Å². The second-order valence-corrected chi connectivity index (χ2v) is 9.10. The van der Waals surface area contributed by atoms with Crippen LogP contribution in [-0.2, 0) is 0 Å². The van der Waals surface area contributed by atoms with Gasteiger partial charge in [0.1, 0.15) is 0 Å². The van der Waals surface area contributed by atoms with E-state index in [1.807, 2.05) is 0 Å². The van der Waals surface area contributed by atoms with Gasteiger partial charge >= 0.3 is 0 Å². The van der Waals surface area contributed by atoms with E-state index in [1.165, 1.54) is 38.1 Å². The number of rotatable bonds is 4. The monoisotopic (exact) mass is 284 g/mol. The molecule has 0 radical (unpaired) electrons. The zero-order valence-corrected chi connectivity index (χ0v) is 14.3. The standard InChI is InChI=1S/C16H32N2S/c1-6-15(4)11-18(14(10-17-15)13(2)3)12-16(5)8-7-9-19-16/h13-14,17H,6-12H2,1-5H3. The van der Waals surface area contributed by atoms with E-state index in [0.717, 1.165) is 12.5 Å². The molecule has 0 bridgehead atoms. The van der Waals surface area contributed by atoms with Crippen molar-refractivity contribution in [3.05, 3.63) is 0 Å². The topological polar surface area (TPSA) is 15.3 Å². The molecule has 2 fully saturated rings. The third-order valence-corrected chi connectivity index (χ3v) is 6.67. The minimum atomic E-state index is 0.311. The van der Waals surface area contributed by atoms with Gasteiger partial charge in [0.15, 0.2) is 0 Å². The summed E-state index contributed by atoms with van der Waals surface area (Å²) in [5.74, 6) is 2.10. The minimum Gasteiger partial charge on any atom is -0.309 e. The zero-order chi connectivity index (χ0) is 14.1. The van der Waals surface area contributed by atoms with Gasteiger partial charge in [-0.05, 0) is 44.8 Å². The van der Waals surface area contributed by atoms with Gasteiger partial charge in [-0.3, -0.25) is 4.90 Å². The van der Waals surface area contributed by atoms with Crippen LogP contribution in [0, 0.1) is 5.92 Å². The Morgan fingerprint density at radius 3 is 2.63 bits per heavy atom. The predicted octanol–water partition coefficient (Wildman–Crippen LogP) is 3.37. The van der Waals surface area contributed by atoms with Crippen LogP contribution in [0.1, 0.15) is 53.9 Å². The molecule has 3 unspecified atom stereocenters. The lowest BCUT2D eigenvalue weighted by molar-refractivity contribution is 0.0532. The number of nitrogens with one attached hydrogen (secondary N) is 1. The highest BCUT2D eigenvalue weighted by Crippen LogP contribution is 2.39. The van der Waals surface area contributed by atoms with Gasteiger partial charge in [-0.1, -0.05) is 20.8 Å². The van der Waals surface area contributed by atoms with Gasteiger partial charge in [0.2, 0.25) is 0 Å². The molecular formula is C16H32N2S. The van der Waals surface area contributed by atoms with Crippen LogP contribution in [0.25, 0.3) is 0 Å². The highest BCUT2D eigenvalue weighted by atomic mass is 32.2. The van der Waals surface area contributed by atoms with Gasteiger partial charge in [-0.15, -0.1) is 0 Å². The van der Waals surface area contributed by atoms with Crippen LogP contribution >= 0.6 is 11.8 Å². The van der Waals surface area contributed by atoms with E-state index < -0.39 is 0 Å². The summed E-state index contributed by atoms with van der Waals surface area (Å²) in [7, 11) is 0.